The first-order valence-electron chi connectivity index (χ1n) is 7.26. The van der Waals surface area contributed by atoms with E-state index in [1.54, 1.807) is 12.1 Å². The molecule has 0 aliphatic carbocycles. The second-order valence-corrected chi connectivity index (χ2v) is 5.11. The van der Waals surface area contributed by atoms with E-state index in [1.165, 1.54) is 13.1 Å². The molecule has 0 heterocycles. The maximum absolute atomic E-state index is 11.5. The summed E-state index contributed by atoms with van der Waals surface area (Å²) in [5.74, 6) is -0.333. The van der Waals surface area contributed by atoms with Gasteiger partial charge in [-0.3, -0.25) is 14.9 Å². The average Bonchev–Trinajstić information content (AvgIpc) is 2.46. The molecule has 0 spiro atoms. The van der Waals surface area contributed by atoms with Gasteiger partial charge in [0.25, 0.3) is 11.6 Å². The molecule has 1 amide bonds. The Kier molecular flexibility index (Phi) is 6.65. The quantitative estimate of drug-likeness (QED) is 0.437. The molecule has 1 atom stereocenters. The lowest BCUT2D eigenvalue weighted by atomic mass is 10.1. The van der Waals surface area contributed by atoms with Crippen molar-refractivity contribution in [3.63, 3.8) is 0 Å². The first kappa shape index (κ1) is 16.9. The van der Waals surface area contributed by atoms with Crippen molar-refractivity contribution >= 4 is 17.3 Å². The third-order valence-electron chi connectivity index (χ3n) is 3.33. The number of hydrogen-bond donors (Lipinski definition) is 2. The fourth-order valence-corrected chi connectivity index (χ4v) is 2.13. The highest BCUT2D eigenvalue weighted by atomic mass is 16.6. The summed E-state index contributed by atoms with van der Waals surface area (Å²) in [5, 5.41) is 16.8. The van der Waals surface area contributed by atoms with Gasteiger partial charge in [-0.15, -0.1) is 0 Å². The first-order chi connectivity index (χ1) is 9.99. The Morgan fingerprint density at radius 1 is 1.38 bits per heavy atom. The zero-order chi connectivity index (χ0) is 15.8. The number of unbranched alkanes of at least 4 members (excludes halogenated alkanes) is 2. The van der Waals surface area contributed by atoms with E-state index < -0.39 is 4.92 Å². The zero-order valence-corrected chi connectivity index (χ0v) is 12.8. The van der Waals surface area contributed by atoms with Crippen LogP contribution in [-0.2, 0) is 0 Å². The lowest BCUT2D eigenvalue weighted by Gasteiger charge is -2.15. The minimum absolute atomic E-state index is 0.0709. The molecule has 0 aromatic heterocycles. The molecule has 1 aromatic carbocycles. The van der Waals surface area contributed by atoms with Crippen LogP contribution < -0.4 is 10.6 Å². The highest BCUT2D eigenvalue weighted by Gasteiger charge is 2.18. The number of nitrogens with one attached hydrogen (secondary N) is 2. The predicted octanol–water partition coefficient (Wildman–Crippen LogP) is 3.34. The molecule has 21 heavy (non-hydrogen) atoms. The van der Waals surface area contributed by atoms with Gasteiger partial charge in [0, 0.05) is 24.7 Å². The van der Waals surface area contributed by atoms with Crippen molar-refractivity contribution in [2.24, 2.45) is 0 Å². The van der Waals surface area contributed by atoms with E-state index in [0.717, 1.165) is 25.7 Å². The van der Waals surface area contributed by atoms with E-state index in [-0.39, 0.29) is 23.2 Å². The summed E-state index contributed by atoms with van der Waals surface area (Å²) in [6, 6.07) is 4.65. The van der Waals surface area contributed by atoms with Gasteiger partial charge in [0.2, 0.25) is 0 Å². The van der Waals surface area contributed by atoms with Crippen molar-refractivity contribution in [3.05, 3.63) is 33.9 Å². The monoisotopic (exact) mass is 293 g/mol. The van der Waals surface area contributed by atoms with Crippen LogP contribution in [0.25, 0.3) is 0 Å². The summed E-state index contributed by atoms with van der Waals surface area (Å²) in [6.07, 6.45) is 4.36. The average molecular weight is 293 g/mol. The third-order valence-corrected chi connectivity index (χ3v) is 3.33. The second-order valence-electron chi connectivity index (χ2n) is 5.11. The molecule has 1 rings (SSSR count). The largest absolute Gasteiger partial charge is 0.377 e. The molecule has 0 aliphatic rings. The number of carbonyl (C=O) groups excluding carboxylic acids is 1. The number of benzene rings is 1. The summed E-state index contributed by atoms with van der Waals surface area (Å²) >= 11 is 0. The number of nitrogens with zero attached hydrogens (tertiary/aromatic N) is 1. The Hall–Kier alpha value is -2.11. The van der Waals surface area contributed by atoms with Gasteiger partial charge in [0.15, 0.2) is 0 Å². The van der Waals surface area contributed by atoms with Crippen molar-refractivity contribution < 1.29 is 9.72 Å². The van der Waals surface area contributed by atoms with Crippen molar-refractivity contribution in [2.45, 2.75) is 45.6 Å². The van der Waals surface area contributed by atoms with Crippen LogP contribution in [0.1, 0.15) is 49.9 Å². The van der Waals surface area contributed by atoms with Crippen molar-refractivity contribution in [3.8, 4) is 0 Å². The number of carbonyl (C=O) groups is 1. The van der Waals surface area contributed by atoms with Gasteiger partial charge in [-0.1, -0.05) is 26.2 Å². The van der Waals surface area contributed by atoms with Gasteiger partial charge in [0.05, 0.1) is 4.92 Å². The number of rotatable bonds is 8. The zero-order valence-electron chi connectivity index (χ0n) is 12.8. The van der Waals surface area contributed by atoms with E-state index in [1.807, 2.05) is 6.92 Å². The van der Waals surface area contributed by atoms with Gasteiger partial charge >= 0.3 is 0 Å². The van der Waals surface area contributed by atoms with Crippen LogP contribution >= 0.6 is 0 Å². The molecule has 0 fully saturated rings. The Morgan fingerprint density at radius 3 is 2.67 bits per heavy atom. The van der Waals surface area contributed by atoms with Crippen molar-refractivity contribution in [1.82, 2.24) is 5.32 Å². The molecule has 1 aromatic rings. The summed E-state index contributed by atoms with van der Waals surface area (Å²) in [5.41, 5.74) is 0.670. The Bertz CT molecular complexity index is 503. The second kappa shape index (κ2) is 8.24. The van der Waals surface area contributed by atoms with Gasteiger partial charge in [-0.05, 0) is 25.5 Å². The van der Waals surface area contributed by atoms with E-state index >= 15 is 0 Å². The van der Waals surface area contributed by atoms with E-state index in [0.29, 0.717) is 5.69 Å². The maximum atomic E-state index is 11.5. The summed E-state index contributed by atoms with van der Waals surface area (Å²) < 4.78 is 0. The third kappa shape index (κ3) is 5.06. The Labute approximate surface area is 125 Å². The molecule has 2 N–H and O–H groups in total. The normalized spacial score (nSPS) is 11.8. The Morgan fingerprint density at radius 2 is 2.10 bits per heavy atom. The van der Waals surface area contributed by atoms with Crippen LogP contribution in [0.4, 0.5) is 11.4 Å². The number of anilines is 1. The molecule has 6 nitrogen and oxygen atoms in total. The number of hydrogen-bond acceptors (Lipinski definition) is 4. The maximum Gasteiger partial charge on any atom is 0.293 e. The van der Waals surface area contributed by atoms with Crippen molar-refractivity contribution in [1.29, 1.82) is 0 Å². The van der Waals surface area contributed by atoms with Crippen LogP contribution in [0.15, 0.2) is 18.2 Å². The van der Waals surface area contributed by atoms with E-state index in [2.05, 4.69) is 17.6 Å². The summed E-state index contributed by atoms with van der Waals surface area (Å²) in [4.78, 5) is 22.2. The van der Waals surface area contributed by atoms with E-state index in [4.69, 9.17) is 0 Å². The highest BCUT2D eigenvalue weighted by molar-refractivity contribution is 5.95. The molecular formula is C15H23N3O3. The molecule has 0 saturated heterocycles. The standard InChI is InChI=1S/C15H23N3O3/c1-4-5-6-7-11(2)17-13-9-8-12(15(19)16-3)10-14(13)18(20)21/h8-11,17H,4-7H2,1-3H3,(H,16,19). The summed E-state index contributed by atoms with van der Waals surface area (Å²) in [7, 11) is 1.50. The van der Waals surface area contributed by atoms with Crippen LogP contribution in [0, 0.1) is 10.1 Å². The first-order valence-corrected chi connectivity index (χ1v) is 7.26. The van der Waals surface area contributed by atoms with Crippen LogP contribution in [0.5, 0.6) is 0 Å². The van der Waals surface area contributed by atoms with Crippen LogP contribution in [0.2, 0.25) is 0 Å². The smallest absolute Gasteiger partial charge is 0.293 e. The number of nitro groups is 1. The fourth-order valence-electron chi connectivity index (χ4n) is 2.13. The number of nitro benzene ring substituents is 1. The highest BCUT2D eigenvalue weighted by Crippen LogP contribution is 2.27. The van der Waals surface area contributed by atoms with E-state index in [9.17, 15) is 14.9 Å². The van der Waals surface area contributed by atoms with Gasteiger partial charge in [-0.25, -0.2) is 0 Å². The molecular weight excluding hydrogens is 270 g/mol. The minimum Gasteiger partial charge on any atom is -0.377 e. The summed E-state index contributed by atoms with van der Waals surface area (Å²) in [6.45, 7) is 4.15. The minimum atomic E-state index is -0.465. The molecule has 0 radical (unpaired) electrons. The van der Waals surface area contributed by atoms with Crippen LogP contribution in [0.3, 0.4) is 0 Å². The SMILES string of the molecule is CCCCCC(C)Nc1ccc(C(=O)NC)cc1[N+](=O)[O-]. The van der Waals surface area contributed by atoms with Gasteiger partial charge < -0.3 is 10.6 Å². The predicted molar refractivity (Wildman–Crippen MR) is 83.7 cm³/mol. The fraction of sp³-hybridized carbons (Fsp3) is 0.533. The number of amides is 1. The lowest BCUT2D eigenvalue weighted by molar-refractivity contribution is -0.384. The van der Waals surface area contributed by atoms with Crippen LogP contribution in [-0.4, -0.2) is 23.9 Å². The lowest BCUT2D eigenvalue weighted by Crippen LogP contribution is -2.19. The topological polar surface area (TPSA) is 84.3 Å². The molecule has 1 unspecified atom stereocenters. The van der Waals surface area contributed by atoms with Crippen molar-refractivity contribution in [2.75, 3.05) is 12.4 Å². The Balaban J connectivity index is 2.86. The molecule has 0 saturated carbocycles. The molecule has 6 heteroatoms. The van der Waals surface area contributed by atoms with Gasteiger partial charge in [-0.2, -0.15) is 0 Å². The van der Waals surface area contributed by atoms with Gasteiger partial charge in [0.1, 0.15) is 5.69 Å². The molecule has 116 valence electrons. The molecule has 0 bridgehead atoms. The molecule has 0 aliphatic heterocycles.